The number of hydrogen-bond acceptors (Lipinski definition) is 3. The van der Waals surface area contributed by atoms with Gasteiger partial charge in [0.1, 0.15) is 16.8 Å². The van der Waals surface area contributed by atoms with Crippen LogP contribution in [0.25, 0.3) is 22.3 Å². The molecule has 1 aliphatic carbocycles. The summed E-state index contributed by atoms with van der Waals surface area (Å²) in [7, 11) is 0. The van der Waals surface area contributed by atoms with Crippen molar-refractivity contribution in [3.05, 3.63) is 69.9 Å². The lowest BCUT2D eigenvalue weighted by molar-refractivity contribution is -0.452. The number of aromatic nitrogens is 2. The summed E-state index contributed by atoms with van der Waals surface area (Å²) in [6.07, 6.45) is 0. The molecule has 0 amide bonds. The molecule has 1 unspecified atom stereocenters. The molecule has 1 N–H and O–H groups in total. The highest BCUT2D eigenvalue weighted by molar-refractivity contribution is 5.80. The van der Waals surface area contributed by atoms with E-state index in [4.69, 9.17) is 0 Å². The number of hydrogen-bond donors (Lipinski definition) is 1. The van der Waals surface area contributed by atoms with Crippen LogP contribution in [0.2, 0.25) is 0 Å². The van der Waals surface area contributed by atoms with Crippen LogP contribution >= 0.6 is 0 Å². The van der Waals surface area contributed by atoms with Crippen LogP contribution in [0.15, 0.2) is 48.5 Å². The third-order valence-electron chi connectivity index (χ3n) is 4.12. The molecular weight excluding hydrogens is 268 g/mol. The Bertz CT molecular complexity index is 957. The van der Waals surface area contributed by atoms with Gasteiger partial charge in [0.15, 0.2) is 0 Å². The first-order chi connectivity index (χ1) is 10.0. The summed E-state index contributed by atoms with van der Waals surface area (Å²) < 4.78 is 1.40. The monoisotopic (exact) mass is 280 g/mol. The van der Waals surface area contributed by atoms with Crippen molar-refractivity contribution >= 4 is 11.0 Å². The number of benzene rings is 2. The quantitative estimate of drug-likeness (QED) is 0.641. The Morgan fingerprint density at radius 3 is 2.62 bits per heavy atom. The first-order valence-corrected chi connectivity index (χ1v) is 6.64. The molecule has 1 heterocycles. The smallest absolute Gasteiger partial charge is 0.293 e. The molecule has 0 fully saturated rings. The highest BCUT2D eigenvalue weighted by Crippen LogP contribution is 2.45. The summed E-state index contributed by atoms with van der Waals surface area (Å²) in [5.74, 6) is 0. The van der Waals surface area contributed by atoms with E-state index in [-0.39, 0.29) is 16.9 Å². The first-order valence-electron chi connectivity index (χ1n) is 6.64. The van der Waals surface area contributed by atoms with Gasteiger partial charge in [-0.25, -0.2) is 0 Å². The molecule has 2 aromatic carbocycles. The van der Waals surface area contributed by atoms with Gasteiger partial charge in [-0.2, -0.15) is 0 Å². The fourth-order valence-corrected chi connectivity index (χ4v) is 3.15. The first kappa shape index (κ1) is 12.1. The standard InChI is InChI=1S/C16H12N2O3/c1-16(19)11-7-3-2-6-10(11)14-15(16)18(21)13-9-5-4-8-12(13)17(14)20/h2-9,19H,1H3. The van der Waals surface area contributed by atoms with Crippen molar-refractivity contribution in [2.75, 3.05) is 0 Å². The van der Waals surface area contributed by atoms with E-state index in [0.29, 0.717) is 21.4 Å². The van der Waals surface area contributed by atoms with Crippen LogP contribution in [0.1, 0.15) is 18.2 Å². The van der Waals surface area contributed by atoms with Crippen molar-refractivity contribution < 1.29 is 9.53 Å². The molecule has 5 heteroatoms. The van der Waals surface area contributed by atoms with E-state index >= 15 is 0 Å². The van der Waals surface area contributed by atoms with E-state index < -0.39 is 5.60 Å². The Morgan fingerprint density at radius 2 is 1.81 bits per heavy atom. The highest BCUT2D eigenvalue weighted by Gasteiger charge is 2.46. The van der Waals surface area contributed by atoms with Crippen LogP contribution in [0, 0.1) is 10.1 Å². The molecule has 1 aliphatic rings. The fourth-order valence-electron chi connectivity index (χ4n) is 3.15. The minimum Gasteiger partial charge on any atom is -0.805 e. The van der Waals surface area contributed by atoms with Crippen molar-refractivity contribution in [3.63, 3.8) is 0 Å². The van der Waals surface area contributed by atoms with Crippen molar-refractivity contribution in [1.82, 2.24) is 4.73 Å². The molecule has 1 atom stereocenters. The molecule has 104 valence electrons. The van der Waals surface area contributed by atoms with Gasteiger partial charge in [0.2, 0.25) is 0 Å². The zero-order chi connectivity index (χ0) is 14.8. The topological polar surface area (TPSA) is 71.2 Å². The van der Waals surface area contributed by atoms with Crippen LogP contribution in [0.4, 0.5) is 0 Å². The van der Waals surface area contributed by atoms with Crippen molar-refractivity contribution in [2.45, 2.75) is 12.5 Å². The highest BCUT2D eigenvalue weighted by atomic mass is 16.5. The van der Waals surface area contributed by atoms with E-state index in [0.717, 1.165) is 4.43 Å². The Kier molecular flexibility index (Phi) is 2.14. The number of para-hydroxylation sites is 2. The Balaban J connectivity index is 2.30. The predicted molar refractivity (Wildman–Crippen MR) is 78.2 cm³/mol. The third kappa shape index (κ3) is 1.33. The second-order valence-corrected chi connectivity index (χ2v) is 5.39. The normalized spacial score (nSPS) is 19.5. The van der Waals surface area contributed by atoms with Gasteiger partial charge in [0, 0.05) is 16.5 Å². The largest absolute Gasteiger partial charge is 0.805 e. The molecule has 1 aromatic heterocycles. The van der Waals surface area contributed by atoms with Crippen LogP contribution in [-0.2, 0) is 5.60 Å². The number of nitrogens with zero attached hydrogens (tertiary/aromatic N) is 2. The van der Waals surface area contributed by atoms with Crippen LogP contribution in [0.5, 0.6) is 0 Å². The van der Waals surface area contributed by atoms with Gasteiger partial charge in [-0.1, -0.05) is 30.3 Å². The molecule has 4 rings (SSSR count). The average Bonchev–Trinajstić information content (AvgIpc) is 2.74. The van der Waals surface area contributed by atoms with Gasteiger partial charge in [0.05, 0.1) is 9.99 Å². The molecule has 21 heavy (non-hydrogen) atoms. The van der Waals surface area contributed by atoms with E-state index in [1.54, 1.807) is 55.5 Å². The molecule has 0 aliphatic heterocycles. The van der Waals surface area contributed by atoms with Crippen LogP contribution < -0.4 is 4.43 Å². The molecular formula is C16H12N2O3. The number of aliphatic hydroxyl groups is 1. The number of fused-ring (bicyclic) bond motifs is 4. The molecule has 3 aromatic rings. The Morgan fingerprint density at radius 1 is 1.14 bits per heavy atom. The molecule has 0 bridgehead atoms. The SMILES string of the molecule is CC1(O)c2ccccc2-c2c1n([O-])c1ccccc1[n+]2=O. The average molecular weight is 280 g/mol. The maximum Gasteiger partial charge on any atom is 0.293 e. The van der Waals surface area contributed by atoms with Crippen molar-refractivity contribution in [2.24, 2.45) is 0 Å². The predicted octanol–water partition coefficient (Wildman–Crippen LogP) is 2.14. The van der Waals surface area contributed by atoms with Gasteiger partial charge < -0.3 is 15.0 Å². The summed E-state index contributed by atoms with van der Waals surface area (Å²) >= 11 is 0. The summed E-state index contributed by atoms with van der Waals surface area (Å²) in [4.78, 5) is 12.7. The fraction of sp³-hybridized carbons (Fsp3) is 0.125. The van der Waals surface area contributed by atoms with Gasteiger partial charge in [-0.3, -0.25) is 0 Å². The maximum atomic E-state index is 12.7. The Hall–Kier alpha value is -2.66. The minimum atomic E-state index is -1.48. The maximum absolute atomic E-state index is 12.7. The van der Waals surface area contributed by atoms with E-state index in [9.17, 15) is 15.2 Å². The van der Waals surface area contributed by atoms with Crippen molar-refractivity contribution in [1.29, 1.82) is 0 Å². The summed E-state index contributed by atoms with van der Waals surface area (Å²) in [5, 5.41) is 23.5. The lowest BCUT2D eigenvalue weighted by Crippen LogP contribution is -2.29. The van der Waals surface area contributed by atoms with Gasteiger partial charge in [-0.05, 0) is 19.1 Å². The van der Waals surface area contributed by atoms with E-state index in [1.807, 2.05) is 0 Å². The lowest BCUT2D eigenvalue weighted by atomic mass is 9.97. The summed E-state index contributed by atoms with van der Waals surface area (Å²) in [6, 6.07) is 13.6. The van der Waals surface area contributed by atoms with Gasteiger partial charge >= 0.3 is 0 Å². The minimum absolute atomic E-state index is 0.0809. The van der Waals surface area contributed by atoms with Crippen LogP contribution in [-0.4, -0.2) is 9.84 Å². The molecule has 5 nitrogen and oxygen atoms in total. The zero-order valence-corrected chi connectivity index (χ0v) is 11.3. The second-order valence-electron chi connectivity index (χ2n) is 5.39. The lowest BCUT2D eigenvalue weighted by Gasteiger charge is -2.25. The molecule has 0 saturated carbocycles. The van der Waals surface area contributed by atoms with Crippen molar-refractivity contribution in [3.8, 4) is 11.3 Å². The van der Waals surface area contributed by atoms with E-state index in [1.165, 1.54) is 0 Å². The molecule has 0 spiro atoms. The Labute approximate surface area is 119 Å². The van der Waals surface area contributed by atoms with Crippen LogP contribution in [0.3, 0.4) is 0 Å². The molecule has 0 saturated heterocycles. The zero-order valence-electron chi connectivity index (χ0n) is 11.3. The third-order valence-corrected chi connectivity index (χ3v) is 4.12. The van der Waals surface area contributed by atoms with Gasteiger partial charge in [-0.15, -0.1) is 0 Å². The second kappa shape index (κ2) is 3.71. The summed E-state index contributed by atoms with van der Waals surface area (Å²) in [5.41, 5.74) is 0.538. The molecule has 0 radical (unpaired) electrons. The van der Waals surface area contributed by atoms with Gasteiger partial charge in [0.25, 0.3) is 11.2 Å². The summed E-state index contributed by atoms with van der Waals surface area (Å²) in [6.45, 7) is 1.54. The van der Waals surface area contributed by atoms with E-state index in [2.05, 4.69) is 0 Å². The number of rotatable bonds is 0.